The molecule has 0 unspecified atom stereocenters. The third-order valence-electron chi connectivity index (χ3n) is 2.84. The number of rotatable bonds is 3. The van der Waals surface area contributed by atoms with E-state index in [2.05, 4.69) is 15.1 Å². The third-order valence-corrected chi connectivity index (χ3v) is 2.84. The SMILES string of the molecule is COc1ccc(N)c(-c2nc(-c3cccnc3)no2)c1. The van der Waals surface area contributed by atoms with Gasteiger partial charge in [-0.25, -0.2) is 0 Å². The van der Waals surface area contributed by atoms with Gasteiger partial charge in [0.2, 0.25) is 5.82 Å². The molecule has 0 amide bonds. The number of nitrogens with zero attached hydrogens (tertiary/aromatic N) is 3. The number of pyridine rings is 1. The van der Waals surface area contributed by atoms with Crippen molar-refractivity contribution in [3.05, 3.63) is 42.7 Å². The van der Waals surface area contributed by atoms with Crippen LogP contribution in [0.25, 0.3) is 22.8 Å². The lowest BCUT2D eigenvalue weighted by Gasteiger charge is -2.03. The zero-order valence-electron chi connectivity index (χ0n) is 10.8. The minimum Gasteiger partial charge on any atom is -0.497 e. The van der Waals surface area contributed by atoms with Crippen molar-refractivity contribution in [1.82, 2.24) is 15.1 Å². The normalized spacial score (nSPS) is 10.4. The molecule has 3 aromatic rings. The van der Waals surface area contributed by atoms with E-state index >= 15 is 0 Å². The summed E-state index contributed by atoms with van der Waals surface area (Å²) < 4.78 is 10.4. The van der Waals surface area contributed by atoms with Crippen molar-refractivity contribution in [1.29, 1.82) is 0 Å². The molecule has 0 spiro atoms. The van der Waals surface area contributed by atoms with Crippen LogP contribution in [0.15, 0.2) is 47.2 Å². The van der Waals surface area contributed by atoms with Crippen LogP contribution in [0, 0.1) is 0 Å². The number of nitrogens with two attached hydrogens (primary N) is 1. The highest BCUT2D eigenvalue weighted by Gasteiger charge is 2.14. The highest BCUT2D eigenvalue weighted by Crippen LogP contribution is 2.29. The molecular weight excluding hydrogens is 256 g/mol. The van der Waals surface area contributed by atoms with E-state index in [4.69, 9.17) is 15.0 Å². The lowest BCUT2D eigenvalue weighted by molar-refractivity contribution is 0.413. The first kappa shape index (κ1) is 12.2. The van der Waals surface area contributed by atoms with Gasteiger partial charge in [0, 0.05) is 23.6 Å². The summed E-state index contributed by atoms with van der Waals surface area (Å²) in [4.78, 5) is 8.36. The Morgan fingerprint density at radius 1 is 1.25 bits per heavy atom. The molecule has 3 rings (SSSR count). The Bertz CT molecular complexity index is 725. The number of nitrogen functional groups attached to an aromatic ring is 1. The van der Waals surface area contributed by atoms with Crippen LogP contribution < -0.4 is 10.5 Å². The molecule has 100 valence electrons. The fourth-order valence-electron chi connectivity index (χ4n) is 1.79. The number of benzene rings is 1. The molecule has 2 aromatic heterocycles. The molecule has 0 fully saturated rings. The van der Waals surface area contributed by atoms with E-state index in [-0.39, 0.29) is 0 Å². The summed E-state index contributed by atoms with van der Waals surface area (Å²) in [7, 11) is 1.59. The average Bonchev–Trinajstić information content (AvgIpc) is 2.98. The molecule has 0 saturated heterocycles. The molecule has 0 aliphatic rings. The minimum absolute atomic E-state index is 0.347. The standard InChI is InChI=1S/C14H12N4O2/c1-19-10-4-5-12(15)11(7-10)14-17-13(18-20-14)9-3-2-6-16-8-9/h2-8H,15H2,1H3. The number of ether oxygens (including phenoxy) is 1. The minimum atomic E-state index is 0.347. The first-order valence-corrected chi connectivity index (χ1v) is 5.96. The van der Waals surface area contributed by atoms with E-state index in [1.807, 2.05) is 12.1 Å². The van der Waals surface area contributed by atoms with Crippen LogP contribution >= 0.6 is 0 Å². The van der Waals surface area contributed by atoms with Crippen molar-refractivity contribution < 1.29 is 9.26 Å². The number of aromatic nitrogens is 3. The van der Waals surface area contributed by atoms with Crippen molar-refractivity contribution in [3.63, 3.8) is 0 Å². The molecule has 6 nitrogen and oxygen atoms in total. The molecule has 6 heteroatoms. The second-order valence-corrected chi connectivity index (χ2v) is 4.12. The van der Waals surface area contributed by atoms with Crippen molar-refractivity contribution in [2.75, 3.05) is 12.8 Å². The Labute approximate surface area is 115 Å². The molecular formula is C14H12N4O2. The van der Waals surface area contributed by atoms with Crippen LogP contribution in [0.4, 0.5) is 5.69 Å². The van der Waals surface area contributed by atoms with Crippen LogP contribution in [0.5, 0.6) is 5.75 Å². The van der Waals surface area contributed by atoms with E-state index in [1.54, 1.807) is 37.7 Å². The van der Waals surface area contributed by atoms with E-state index in [1.165, 1.54) is 0 Å². The van der Waals surface area contributed by atoms with Gasteiger partial charge in [-0.2, -0.15) is 4.98 Å². The number of methoxy groups -OCH3 is 1. The lowest BCUT2D eigenvalue weighted by atomic mass is 10.1. The Kier molecular flexibility index (Phi) is 3.04. The molecule has 2 heterocycles. The third kappa shape index (κ3) is 2.18. The van der Waals surface area contributed by atoms with Gasteiger partial charge in [0.25, 0.3) is 5.89 Å². The monoisotopic (exact) mass is 268 g/mol. The molecule has 20 heavy (non-hydrogen) atoms. The maximum Gasteiger partial charge on any atom is 0.260 e. The van der Waals surface area contributed by atoms with Gasteiger partial charge in [-0.15, -0.1) is 0 Å². The Hall–Kier alpha value is -2.89. The first-order chi connectivity index (χ1) is 9.78. The van der Waals surface area contributed by atoms with Crippen LogP contribution in [0.3, 0.4) is 0 Å². The topological polar surface area (TPSA) is 87.1 Å². The molecule has 1 aromatic carbocycles. The van der Waals surface area contributed by atoms with Gasteiger partial charge >= 0.3 is 0 Å². The zero-order chi connectivity index (χ0) is 13.9. The van der Waals surface area contributed by atoms with E-state index < -0.39 is 0 Å². The van der Waals surface area contributed by atoms with E-state index in [9.17, 15) is 0 Å². The van der Waals surface area contributed by atoms with Crippen LogP contribution in [0.2, 0.25) is 0 Å². The average molecular weight is 268 g/mol. The van der Waals surface area contributed by atoms with Crippen LogP contribution in [-0.4, -0.2) is 22.2 Å². The van der Waals surface area contributed by atoms with Crippen LogP contribution in [-0.2, 0) is 0 Å². The fraction of sp³-hybridized carbons (Fsp3) is 0.0714. The summed E-state index contributed by atoms with van der Waals surface area (Å²) in [5.41, 5.74) is 7.90. The number of hydrogen-bond acceptors (Lipinski definition) is 6. The van der Waals surface area contributed by atoms with Crippen molar-refractivity contribution in [2.45, 2.75) is 0 Å². The highest BCUT2D eigenvalue weighted by molar-refractivity contribution is 5.73. The highest BCUT2D eigenvalue weighted by atomic mass is 16.5. The predicted octanol–water partition coefficient (Wildman–Crippen LogP) is 2.39. The number of hydrogen-bond donors (Lipinski definition) is 1. The second kappa shape index (κ2) is 5.00. The van der Waals surface area contributed by atoms with Crippen molar-refractivity contribution in [3.8, 4) is 28.6 Å². The van der Waals surface area contributed by atoms with Gasteiger partial charge in [-0.1, -0.05) is 5.16 Å². The van der Waals surface area contributed by atoms with Gasteiger partial charge in [-0.05, 0) is 30.3 Å². The van der Waals surface area contributed by atoms with E-state index in [0.29, 0.717) is 28.7 Å². The summed E-state index contributed by atoms with van der Waals surface area (Å²) in [6, 6.07) is 8.94. The van der Waals surface area contributed by atoms with E-state index in [0.717, 1.165) is 5.56 Å². The maximum absolute atomic E-state index is 5.93. The molecule has 0 radical (unpaired) electrons. The largest absolute Gasteiger partial charge is 0.497 e. The van der Waals surface area contributed by atoms with Gasteiger partial charge in [0.1, 0.15) is 5.75 Å². The zero-order valence-corrected chi connectivity index (χ0v) is 10.8. The Morgan fingerprint density at radius 3 is 2.90 bits per heavy atom. The molecule has 2 N–H and O–H groups in total. The quantitative estimate of drug-likeness (QED) is 0.734. The smallest absolute Gasteiger partial charge is 0.260 e. The summed E-state index contributed by atoms with van der Waals surface area (Å²) in [6.45, 7) is 0. The molecule has 0 atom stereocenters. The molecule has 0 bridgehead atoms. The summed E-state index contributed by atoms with van der Waals surface area (Å²) in [5, 5.41) is 3.94. The summed E-state index contributed by atoms with van der Waals surface area (Å²) >= 11 is 0. The van der Waals surface area contributed by atoms with Gasteiger partial charge in [0.15, 0.2) is 0 Å². The lowest BCUT2D eigenvalue weighted by Crippen LogP contribution is -1.92. The Balaban J connectivity index is 2.02. The summed E-state index contributed by atoms with van der Waals surface area (Å²) in [6.07, 6.45) is 3.36. The maximum atomic E-state index is 5.93. The van der Waals surface area contributed by atoms with Crippen LogP contribution in [0.1, 0.15) is 0 Å². The van der Waals surface area contributed by atoms with Gasteiger partial charge < -0.3 is 15.0 Å². The second-order valence-electron chi connectivity index (χ2n) is 4.12. The first-order valence-electron chi connectivity index (χ1n) is 5.96. The van der Waals surface area contributed by atoms with Gasteiger partial charge in [-0.3, -0.25) is 4.98 Å². The van der Waals surface area contributed by atoms with Crippen molar-refractivity contribution >= 4 is 5.69 Å². The number of anilines is 1. The van der Waals surface area contributed by atoms with Crippen molar-refractivity contribution in [2.24, 2.45) is 0 Å². The molecule has 0 aliphatic carbocycles. The Morgan fingerprint density at radius 2 is 2.15 bits per heavy atom. The summed E-state index contributed by atoms with van der Waals surface area (Å²) in [5.74, 6) is 1.49. The van der Waals surface area contributed by atoms with Gasteiger partial charge in [0.05, 0.1) is 12.7 Å². The predicted molar refractivity (Wildman–Crippen MR) is 73.9 cm³/mol. The fourth-order valence-corrected chi connectivity index (χ4v) is 1.79. The molecule has 0 saturated carbocycles. The molecule has 0 aliphatic heterocycles.